The van der Waals surface area contributed by atoms with Crippen LogP contribution in [0, 0.1) is 0 Å². The van der Waals surface area contributed by atoms with Crippen LogP contribution in [0.1, 0.15) is 31.0 Å². The molecule has 1 N–H and O–H groups in total. The molecule has 8 nitrogen and oxygen atoms in total. The van der Waals surface area contributed by atoms with Gasteiger partial charge >= 0.3 is 5.97 Å². The van der Waals surface area contributed by atoms with Crippen molar-refractivity contribution in [1.82, 2.24) is 9.88 Å². The third-order valence-corrected chi connectivity index (χ3v) is 7.59. The maximum Gasteiger partial charge on any atom is 0.338 e. The van der Waals surface area contributed by atoms with Crippen molar-refractivity contribution in [1.29, 1.82) is 0 Å². The predicted molar refractivity (Wildman–Crippen MR) is 132 cm³/mol. The lowest BCUT2D eigenvalue weighted by atomic mass is 9.93. The van der Waals surface area contributed by atoms with Gasteiger partial charge in [-0.25, -0.2) is 9.79 Å². The van der Waals surface area contributed by atoms with Crippen LogP contribution < -0.4 is 9.47 Å². The van der Waals surface area contributed by atoms with Crippen LogP contribution in [0.5, 0.6) is 11.5 Å². The van der Waals surface area contributed by atoms with Gasteiger partial charge in [0, 0.05) is 17.1 Å². The molecule has 3 aliphatic heterocycles. The lowest BCUT2D eigenvalue weighted by Gasteiger charge is -2.33. The Hall–Kier alpha value is -3.72. The number of thioether (sulfide) groups is 1. The van der Waals surface area contributed by atoms with Crippen molar-refractivity contribution in [2.24, 2.45) is 4.99 Å². The number of nitrogens with one attached hydrogen (secondary N) is 1. The summed E-state index contributed by atoms with van der Waals surface area (Å²) in [5.41, 5.74) is 3.75. The molecule has 0 aliphatic carbocycles. The summed E-state index contributed by atoms with van der Waals surface area (Å²) in [5.74, 6) is 0.655. The van der Waals surface area contributed by atoms with Crippen LogP contribution in [0.3, 0.4) is 0 Å². The number of H-pyrrole nitrogens is 1. The van der Waals surface area contributed by atoms with E-state index in [1.807, 2.05) is 36.5 Å². The van der Waals surface area contributed by atoms with E-state index >= 15 is 0 Å². The SMILES string of the molecule is CCOC(=O)C1=C(C)N=C2SC(Cc3c[nH]c4ccccc34)C(=O)N2C1c1ccc2c(c1)OCO2. The number of esters is 1. The monoisotopic (exact) mass is 489 g/mol. The van der Waals surface area contributed by atoms with E-state index in [2.05, 4.69) is 16.0 Å². The summed E-state index contributed by atoms with van der Waals surface area (Å²) in [5, 5.41) is 1.33. The number of allylic oxidation sites excluding steroid dienone is 1. The molecule has 0 saturated carbocycles. The number of ether oxygens (including phenoxy) is 3. The highest BCUT2D eigenvalue weighted by atomic mass is 32.2. The molecule has 0 spiro atoms. The lowest BCUT2D eigenvalue weighted by molar-refractivity contribution is -0.139. The second-order valence-corrected chi connectivity index (χ2v) is 9.68. The number of hydrogen-bond donors (Lipinski definition) is 1. The van der Waals surface area contributed by atoms with Crippen LogP contribution in [0.2, 0.25) is 0 Å². The molecule has 2 aromatic carbocycles. The zero-order valence-electron chi connectivity index (χ0n) is 19.2. The van der Waals surface area contributed by atoms with Gasteiger partial charge in [-0.15, -0.1) is 0 Å². The predicted octanol–water partition coefficient (Wildman–Crippen LogP) is 4.33. The molecule has 1 fully saturated rings. The summed E-state index contributed by atoms with van der Waals surface area (Å²) in [7, 11) is 0. The molecular weight excluding hydrogens is 466 g/mol. The second-order valence-electron chi connectivity index (χ2n) is 8.51. The highest BCUT2D eigenvalue weighted by Gasteiger charge is 2.48. The number of aromatic amines is 1. The Morgan fingerprint density at radius 2 is 2.06 bits per heavy atom. The maximum absolute atomic E-state index is 13.8. The first-order valence-corrected chi connectivity index (χ1v) is 12.3. The topological polar surface area (TPSA) is 93.2 Å². The number of amides is 1. The Bertz CT molecular complexity index is 1430. The first-order valence-electron chi connectivity index (χ1n) is 11.5. The van der Waals surface area contributed by atoms with Gasteiger partial charge in [0.2, 0.25) is 12.7 Å². The zero-order valence-corrected chi connectivity index (χ0v) is 20.1. The van der Waals surface area contributed by atoms with E-state index in [1.54, 1.807) is 24.8 Å². The fourth-order valence-electron chi connectivity index (χ4n) is 4.83. The molecule has 2 atom stereocenters. The van der Waals surface area contributed by atoms with Crippen LogP contribution in [0.25, 0.3) is 10.9 Å². The van der Waals surface area contributed by atoms with Crippen molar-refractivity contribution >= 4 is 39.7 Å². The summed E-state index contributed by atoms with van der Waals surface area (Å²) in [6.07, 6.45) is 2.51. The van der Waals surface area contributed by atoms with E-state index < -0.39 is 12.0 Å². The number of nitrogens with zero attached hydrogens (tertiary/aromatic N) is 2. The molecule has 0 bridgehead atoms. The minimum Gasteiger partial charge on any atom is -0.463 e. The third-order valence-electron chi connectivity index (χ3n) is 6.44. The summed E-state index contributed by atoms with van der Waals surface area (Å²) >= 11 is 1.43. The molecular formula is C26H23N3O5S. The largest absolute Gasteiger partial charge is 0.463 e. The number of fused-ring (bicyclic) bond motifs is 3. The van der Waals surface area contributed by atoms with Gasteiger partial charge < -0.3 is 19.2 Å². The van der Waals surface area contributed by atoms with Crippen LogP contribution in [-0.2, 0) is 20.7 Å². The van der Waals surface area contributed by atoms with Gasteiger partial charge in [0.15, 0.2) is 16.7 Å². The molecule has 2 unspecified atom stereocenters. The second kappa shape index (κ2) is 8.49. The van der Waals surface area contributed by atoms with E-state index in [-0.39, 0.29) is 24.6 Å². The first-order chi connectivity index (χ1) is 17.0. The molecule has 6 rings (SSSR count). The lowest BCUT2D eigenvalue weighted by Crippen LogP contribution is -2.41. The number of aliphatic imine (C=N–C) groups is 1. The molecule has 1 aromatic heterocycles. The average Bonchev–Trinajstić information content (AvgIpc) is 3.56. The fraction of sp³-hybridized carbons (Fsp3) is 0.269. The maximum atomic E-state index is 13.8. The van der Waals surface area contributed by atoms with Gasteiger partial charge in [0.25, 0.3) is 0 Å². The van der Waals surface area contributed by atoms with E-state index in [4.69, 9.17) is 14.2 Å². The Labute approximate surface area is 205 Å². The van der Waals surface area contributed by atoms with Gasteiger partial charge in [0.05, 0.1) is 29.2 Å². The van der Waals surface area contributed by atoms with Gasteiger partial charge in [-0.3, -0.25) is 9.69 Å². The van der Waals surface area contributed by atoms with Gasteiger partial charge in [-0.05, 0) is 49.6 Å². The summed E-state index contributed by atoms with van der Waals surface area (Å²) in [6.45, 7) is 3.91. The number of para-hydroxylation sites is 1. The van der Waals surface area contributed by atoms with E-state index in [0.717, 1.165) is 22.0 Å². The number of hydrogen-bond acceptors (Lipinski definition) is 7. The van der Waals surface area contributed by atoms with Gasteiger partial charge in [0.1, 0.15) is 0 Å². The van der Waals surface area contributed by atoms with Crippen LogP contribution in [0.15, 0.2) is 64.9 Å². The Balaban J connectivity index is 1.39. The molecule has 3 aromatic rings. The minimum atomic E-state index is -0.663. The van der Waals surface area contributed by atoms with Crippen molar-refractivity contribution in [2.75, 3.05) is 13.4 Å². The molecule has 35 heavy (non-hydrogen) atoms. The Morgan fingerprint density at radius 1 is 1.23 bits per heavy atom. The zero-order chi connectivity index (χ0) is 24.1. The molecule has 4 heterocycles. The summed E-state index contributed by atoms with van der Waals surface area (Å²) in [4.78, 5) is 36.5. The highest BCUT2D eigenvalue weighted by molar-refractivity contribution is 8.15. The van der Waals surface area contributed by atoms with Gasteiger partial charge in [-0.1, -0.05) is 36.0 Å². The van der Waals surface area contributed by atoms with Gasteiger partial charge in [-0.2, -0.15) is 0 Å². The smallest absolute Gasteiger partial charge is 0.338 e. The van der Waals surface area contributed by atoms with Crippen molar-refractivity contribution in [3.8, 4) is 11.5 Å². The summed E-state index contributed by atoms with van der Waals surface area (Å²) < 4.78 is 16.4. The number of rotatable bonds is 5. The quantitative estimate of drug-likeness (QED) is 0.536. The number of amidine groups is 1. The highest BCUT2D eigenvalue weighted by Crippen LogP contribution is 2.46. The van der Waals surface area contributed by atoms with Crippen LogP contribution in [-0.4, -0.2) is 45.6 Å². The van der Waals surface area contributed by atoms with E-state index in [9.17, 15) is 9.59 Å². The van der Waals surface area contributed by atoms with Crippen LogP contribution >= 0.6 is 11.8 Å². The van der Waals surface area contributed by atoms with E-state index in [0.29, 0.717) is 34.4 Å². The molecule has 1 amide bonds. The van der Waals surface area contributed by atoms with E-state index in [1.165, 1.54) is 11.8 Å². The minimum absolute atomic E-state index is 0.0870. The Morgan fingerprint density at radius 3 is 2.91 bits per heavy atom. The average molecular weight is 490 g/mol. The van der Waals surface area contributed by atoms with Crippen molar-refractivity contribution < 1.29 is 23.8 Å². The molecule has 1 saturated heterocycles. The number of benzene rings is 2. The molecule has 3 aliphatic rings. The molecule has 178 valence electrons. The van der Waals surface area contributed by atoms with Crippen molar-refractivity contribution in [2.45, 2.75) is 31.6 Å². The standard InChI is InChI=1S/C26H23N3O5S/c1-3-32-25(31)22-14(2)28-26-29(23(22)15-8-9-19-20(10-15)34-13-33-19)24(30)21(35-26)11-16-12-27-18-7-5-4-6-17(16)18/h4-10,12,21,23,27H,3,11,13H2,1-2H3. The van der Waals surface area contributed by atoms with Crippen molar-refractivity contribution in [3.05, 3.63) is 71.1 Å². The Kier molecular flexibility index (Phi) is 5.29. The number of aromatic nitrogens is 1. The summed E-state index contributed by atoms with van der Waals surface area (Å²) in [6, 6.07) is 12.9. The number of carbonyl (C=O) groups excluding carboxylic acids is 2. The molecule has 9 heteroatoms. The fourth-order valence-corrected chi connectivity index (χ4v) is 6.06. The molecule has 0 radical (unpaired) electrons. The normalized spacial score (nSPS) is 20.9. The first kappa shape index (κ1) is 21.8. The van der Waals surface area contributed by atoms with Crippen LogP contribution in [0.4, 0.5) is 0 Å². The number of carbonyl (C=O) groups is 2. The van der Waals surface area contributed by atoms with Crippen molar-refractivity contribution in [3.63, 3.8) is 0 Å². The third kappa shape index (κ3) is 3.58.